The maximum Gasteiger partial charge on any atom is 0.341 e. The minimum Gasteiger partial charge on any atom is -0.394 e. The zero-order valence-electron chi connectivity index (χ0n) is 17.9. The van der Waals surface area contributed by atoms with Gasteiger partial charge in [0.2, 0.25) is 0 Å². The zero-order valence-corrected chi connectivity index (χ0v) is 19.6. The average molecular weight is 405 g/mol. The van der Waals surface area contributed by atoms with Crippen molar-refractivity contribution in [3.05, 3.63) is 0 Å². The number of hydrogen-bond acceptors (Lipinski definition) is 2. The van der Waals surface area contributed by atoms with Crippen LogP contribution in [-0.2, 0) is 8.85 Å². The van der Waals surface area contributed by atoms with Crippen molar-refractivity contribution in [3.63, 3.8) is 0 Å². The normalized spacial score (nSPS) is 17.5. The van der Waals surface area contributed by atoms with Crippen molar-refractivity contribution >= 4 is 20.2 Å². The van der Waals surface area contributed by atoms with Crippen LogP contribution in [-0.4, -0.2) is 27.7 Å². The number of rotatable bonds is 16. The van der Waals surface area contributed by atoms with Crippen LogP contribution in [0.4, 0.5) is 0 Å². The molecule has 2 nitrogen and oxygen atoms in total. The van der Waals surface area contributed by atoms with Crippen molar-refractivity contribution in [3.8, 4) is 0 Å². The molecule has 156 valence electrons. The second kappa shape index (κ2) is 15.4. The maximum absolute atomic E-state index is 6.75. The van der Waals surface area contributed by atoms with Crippen LogP contribution in [0.5, 0.6) is 0 Å². The van der Waals surface area contributed by atoms with Gasteiger partial charge in [-0.3, -0.25) is 0 Å². The molecule has 1 rings (SSSR count). The van der Waals surface area contributed by atoms with Crippen LogP contribution in [0.25, 0.3) is 0 Å². The fourth-order valence-electron chi connectivity index (χ4n) is 4.19. The Morgan fingerprint density at radius 2 is 1.38 bits per heavy atom. The topological polar surface area (TPSA) is 18.5 Å². The summed E-state index contributed by atoms with van der Waals surface area (Å²) >= 11 is 6.21. The van der Waals surface area contributed by atoms with Crippen molar-refractivity contribution < 1.29 is 8.85 Å². The van der Waals surface area contributed by atoms with Gasteiger partial charge < -0.3 is 8.85 Å². The van der Waals surface area contributed by atoms with Crippen LogP contribution in [0.2, 0.25) is 11.6 Å². The summed E-state index contributed by atoms with van der Waals surface area (Å²) in [6.45, 7) is 8.60. The SMILES string of the molecule is CCCCCCO[Si](CC(C)CCl)(OCCCCCC)C1CCCCC1. The fourth-order valence-corrected chi connectivity index (χ4v) is 8.99. The van der Waals surface area contributed by atoms with E-state index in [1.54, 1.807) is 0 Å². The molecule has 1 aliphatic carbocycles. The van der Waals surface area contributed by atoms with E-state index in [-0.39, 0.29) is 0 Å². The first-order chi connectivity index (χ1) is 12.7. The van der Waals surface area contributed by atoms with Crippen LogP contribution in [0.15, 0.2) is 0 Å². The van der Waals surface area contributed by atoms with Crippen molar-refractivity contribution in [1.82, 2.24) is 0 Å². The molecule has 1 aliphatic rings. The molecule has 26 heavy (non-hydrogen) atoms. The third kappa shape index (κ3) is 9.57. The van der Waals surface area contributed by atoms with E-state index in [1.807, 2.05) is 0 Å². The first-order valence-corrected chi connectivity index (χ1v) is 14.2. The molecule has 4 heteroatoms. The Bertz CT molecular complexity index is 307. The lowest BCUT2D eigenvalue weighted by atomic mass is 10.0. The van der Waals surface area contributed by atoms with E-state index in [9.17, 15) is 0 Å². The number of alkyl halides is 1. The fraction of sp³-hybridized carbons (Fsp3) is 1.00. The van der Waals surface area contributed by atoms with Crippen molar-refractivity contribution in [2.45, 2.75) is 116 Å². The Hall–Kier alpha value is 0.427. The average Bonchev–Trinajstić information content (AvgIpc) is 2.68. The molecule has 0 aromatic heterocycles. The van der Waals surface area contributed by atoms with Gasteiger partial charge >= 0.3 is 8.56 Å². The van der Waals surface area contributed by atoms with Crippen LogP contribution in [0.1, 0.15) is 104 Å². The van der Waals surface area contributed by atoms with E-state index in [2.05, 4.69) is 20.8 Å². The number of unbranched alkanes of at least 4 members (excludes halogenated alkanes) is 6. The second-order valence-corrected chi connectivity index (χ2v) is 12.2. The molecular weight excluding hydrogens is 360 g/mol. The van der Waals surface area contributed by atoms with Crippen molar-refractivity contribution in [1.29, 1.82) is 0 Å². The van der Waals surface area contributed by atoms with Crippen LogP contribution < -0.4 is 0 Å². The molecule has 0 aliphatic heterocycles. The molecule has 0 heterocycles. The molecule has 0 aromatic rings. The predicted octanol–water partition coefficient (Wildman–Crippen LogP) is 7.83. The summed E-state index contributed by atoms with van der Waals surface area (Å²) in [4.78, 5) is 0. The third-order valence-corrected chi connectivity index (χ3v) is 10.8. The van der Waals surface area contributed by atoms with Gasteiger partial charge in [-0.15, -0.1) is 11.6 Å². The van der Waals surface area contributed by atoms with Gasteiger partial charge in [0.25, 0.3) is 0 Å². The molecule has 1 unspecified atom stereocenters. The minimum absolute atomic E-state index is 0.497. The van der Waals surface area contributed by atoms with Crippen LogP contribution >= 0.6 is 11.6 Å². The Morgan fingerprint density at radius 1 is 0.846 bits per heavy atom. The lowest BCUT2D eigenvalue weighted by Crippen LogP contribution is -2.49. The summed E-state index contributed by atoms with van der Waals surface area (Å²) < 4.78 is 13.5. The third-order valence-electron chi connectivity index (χ3n) is 5.81. The van der Waals surface area contributed by atoms with Gasteiger partial charge in [-0.2, -0.15) is 0 Å². The maximum atomic E-state index is 6.75. The minimum atomic E-state index is -2.18. The highest BCUT2D eigenvalue weighted by molar-refractivity contribution is 6.69. The smallest absolute Gasteiger partial charge is 0.341 e. The van der Waals surface area contributed by atoms with E-state index in [0.29, 0.717) is 11.5 Å². The number of halogens is 1. The molecule has 1 saturated carbocycles. The molecular formula is C22H45ClO2Si. The van der Waals surface area contributed by atoms with E-state index >= 15 is 0 Å². The zero-order chi connectivity index (χ0) is 19.1. The lowest BCUT2D eigenvalue weighted by molar-refractivity contribution is 0.142. The summed E-state index contributed by atoms with van der Waals surface area (Å²) in [5.74, 6) is 1.22. The van der Waals surface area contributed by atoms with Crippen molar-refractivity contribution in [2.24, 2.45) is 5.92 Å². The Morgan fingerprint density at radius 3 is 1.85 bits per heavy atom. The van der Waals surface area contributed by atoms with Gasteiger partial charge in [0, 0.05) is 24.6 Å². The molecule has 1 fully saturated rings. The van der Waals surface area contributed by atoms with E-state index in [4.69, 9.17) is 20.5 Å². The highest BCUT2D eigenvalue weighted by Gasteiger charge is 2.46. The summed E-state index contributed by atoms with van der Waals surface area (Å²) in [6.07, 6.45) is 16.9. The summed E-state index contributed by atoms with van der Waals surface area (Å²) in [7, 11) is -2.18. The highest BCUT2D eigenvalue weighted by atomic mass is 35.5. The quantitative estimate of drug-likeness (QED) is 0.148. The van der Waals surface area contributed by atoms with Gasteiger partial charge in [0.1, 0.15) is 0 Å². The first kappa shape index (κ1) is 24.5. The Kier molecular flexibility index (Phi) is 14.5. The predicted molar refractivity (Wildman–Crippen MR) is 117 cm³/mol. The molecule has 0 saturated heterocycles. The van der Waals surface area contributed by atoms with E-state index in [0.717, 1.165) is 25.1 Å². The van der Waals surface area contributed by atoms with E-state index < -0.39 is 8.56 Å². The summed E-state index contributed by atoms with van der Waals surface area (Å²) in [6, 6.07) is 1.09. The molecule has 0 N–H and O–H groups in total. The van der Waals surface area contributed by atoms with E-state index in [1.165, 1.54) is 83.5 Å². The Labute approximate surface area is 170 Å². The van der Waals surface area contributed by atoms with Crippen LogP contribution in [0.3, 0.4) is 0 Å². The van der Waals surface area contributed by atoms with Crippen LogP contribution in [0, 0.1) is 5.92 Å². The summed E-state index contributed by atoms with van der Waals surface area (Å²) in [5.41, 5.74) is 0.680. The van der Waals surface area contributed by atoms with Crippen molar-refractivity contribution in [2.75, 3.05) is 19.1 Å². The standard InChI is InChI=1S/C22H45ClO2Si/c1-4-6-8-13-17-24-26(20-21(3)19-23,22-15-11-10-12-16-22)25-18-14-9-7-5-2/h21-22H,4-20H2,1-3H3. The van der Waals surface area contributed by atoms with Gasteiger partial charge in [-0.25, -0.2) is 0 Å². The van der Waals surface area contributed by atoms with Gasteiger partial charge in [0.15, 0.2) is 0 Å². The van der Waals surface area contributed by atoms with Gasteiger partial charge in [0.05, 0.1) is 0 Å². The molecule has 0 radical (unpaired) electrons. The highest BCUT2D eigenvalue weighted by Crippen LogP contribution is 2.42. The molecule has 1 atom stereocenters. The molecule has 0 spiro atoms. The largest absolute Gasteiger partial charge is 0.394 e. The van der Waals surface area contributed by atoms with Gasteiger partial charge in [-0.05, 0) is 37.6 Å². The number of hydrogen-bond donors (Lipinski definition) is 0. The molecule has 0 bridgehead atoms. The molecule has 0 aromatic carbocycles. The Balaban J connectivity index is 2.72. The van der Waals surface area contributed by atoms with Gasteiger partial charge in [-0.1, -0.05) is 78.6 Å². The second-order valence-electron chi connectivity index (χ2n) is 8.43. The lowest BCUT2D eigenvalue weighted by Gasteiger charge is -2.40. The summed E-state index contributed by atoms with van der Waals surface area (Å²) in [5, 5.41) is 0. The molecule has 0 amide bonds. The monoisotopic (exact) mass is 404 g/mol. The first-order valence-electron chi connectivity index (χ1n) is 11.5.